The van der Waals surface area contributed by atoms with Crippen molar-refractivity contribution >= 4 is 0 Å². The van der Waals surface area contributed by atoms with Crippen LogP contribution in [0.15, 0.2) is 36.5 Å². The number of hydrogen-bond donors (Lipinski definition) is 0. The molecule has 1 aromatic heterocycles. The molecule has 0 amide bonds. The van der Waals surface area contributed by atoms with Crippen LogP contribution in [0.4, 0.5) is 0 Å². The summed E-state index contributed by atoms with van der Waals surface area (Å²) in [6.07, 6.45) is 6.12. The van der Waals surface area contributed by atoms with Crippen molar-refractivity contribution in [2.45, 2.75) is 33.1 Å². The van der Waals surface area contributed by atoms with Gasteiger partial charge in [0, 0.05) is 17.6 Å². The SMILES string of the molecule is Cc1cn(-c2ccccc2)c2c1CCC(C)C2. The molecule has 88 valence electrons. The molecule has 2 aromatic rings. The van der Waals surface area contributed by atoms with E-state index in [0.717, 1.165) is 5.92 Å². The molecule has 1 aliphatic rings. The van der Waals surface area contributed by atoms with E-state index < -0.39 is 0 Å². The maximum Gasteiger partial charge on any atom is 0.0452 e. The Kier molecular flexibility index (Phi) is 2.54. The predicted molar refractivity (Wildman–Crippen MR) is 71.7 cm³/mol. The Morgan fingerprint density at radius 1 is 1.18 bits per heavy atom. The van der Waals surface area contributed by atoms with E-state index in [4.69, 9.17) is 0 Å². The Morgan fingerprint density at radius 3 is 2.71 bits per heavy atom. The second-order valence-electron chi connectivity index (χ2n) is 5.29. The first-order valence-corrected chi connectivity index (χ1v) is 6.51. The van der Waals surface area contributed by atoms with Gasteiger partial charge in [0.25, 0.3) is 0 Å². The van der Waals surface area contributed by atoms with Crippen LogP contribution in [-0.4, -0.2) is 4.57 Å². The lowest BCUT2D eigenvalue weighted by molar-refractivity contribution is 0.490. The molecule has 1 aromatic carbocycles. The number of aromatic nitrogens is 1. The standard InChI is InChI=1S/C16H19N/c1-12-8-9-15-13(2)11-17(16(15)10-12)14-6-4-3-5-7-14/h3-7,11-12H,8-10H2,1-2H3. The van der Waals surface area contributed by atoms with Crippen LogP contribution in [0.5, 0.6) is 0 Å². The van der Waals surface area contributed by atoms with Gasteiger partial charge in [-0.3, -0.25) is 0 Å². The second kappa shape index (κ2) is 4.06. The van der Waals surface area contributed by atoms with Crippen molar-refractivity contribution in [2.75, 3.05) is 0 Å². The molecule has 0 fully saturated rings. The Bertz CT molecular complexity index is 522. The van der Waals surface area contributed by atoms with Crippen molar-refractivity contribution in [3.05, 3.63) is 53.3 Å². The normalized spacial score (nSPS) is 19.1. The fourth-order valence-electron chi connectivity index (χ4n) is 2.93. The van der Waals surface area contributed by atoms with E-state index in [2.05, 4.69) is 54.9 Å². The molecular formula is C16H19N. The van der Waals surface area contributed by atoms with E-state index in [9.17, 15) is 0 Å². The number of rotatable bonds is 1. The van der Waals surface area contributed by atoms with Gasteiger partial charge in [-0.1, -0.05) is 25.1 Å². The predicted octanol–water partition coefficient (Wildman–Crippen LogP) is 3.91. The molecule has 0 saturated carbocycles. The molecule has 1 heteroatoms. The average molecular weight is 225 g/mol. The highest BCUT2D eigenvalue weighted by molar-refractivity contribution is 5.42. The van der Waals surface area contributed by atoms with Crippen molar-refractivity contribution in [1.82, 2.24) is 4.57 Å². The molecule has 0 saturated heterocycles. The van der Waals surface area contributed by atoms with Crippen molar-refractivity contribution in [3.8, 4) is 5.69 Å². The van der Waals surface area contributed by atoms with Crippen LogP contribution in [-0.2, 0) is 12.8 Å². The van der Waals surface area contributed by atoms with E-state index in [-0.39, 0.29) is 0 Å². The summed E-state index contributed by atoms with van der Waals surface area (Å²) in [6.45, 7) is 4.61. The third-order valence-corrected chi connectivity index (χ3v) is 3.90. The van der Waals surface area contributed by atoms with Gasteiger partial charge >= 0.3 is 0 Å². The lowest BCUT2D eigenvalue weighted by Gasteiger charge is -2.21. The summed E-state index contributed by atoms with van der Waals surface area (Å²) in [5.74, 6) is 0.819. The Hall–Kier alpha value is -1.50. The molecule has 1 aliphatic carbocycles. The molecule has 0 bridgehead atoms. The zero-order valence-electron chi connectivity index (χ0n) is 10.6. The Morgan fingerprint density at radius 2 is 1.94 bits per heavy atom. The highest BCUT2D eigenvalue weighted by Gasteiger charge is 2.21. The molecule has 0 radical (unpaired) electrons. The van der Waals surface area contributed by atoms with Gasteiger partial charge < -0.3 is 4.57 Å². The first kappa shape index (κ1) is 10.6. The summed E-state index contributed by atoms with van der Waals surface area (Å²) in [5.41, 5.74) is 5.88. The minimum Gasteiger partial charge on any atom is -0.320 e. The number of benzene rings is 1. The van der Waals surface area contributed by atoms with Gasteiger partial charge in [0.2, 0.25) is 0 Å². The smallest absolute Gasteiger partial charge is 0.0452 e. The van der Waals surface area contributed by atoms with Crippen LogP contribution >= 0.6 is 0 Å². The van der Waals surface area contributed by atoms with Gasteiger partial charge in [-0.2, -0.15) is 0 Å². The number of hydrogen-bond acceptors (Lipinski definition) is 0. The number of nitrogens with zero attached hydrogens (tertiary/aromatic N) is 1. The minimum atomic E-state index is 0.819. The Labute approximate surface area is 103 Å². The fourth-order valence-corrected chi connectivity index (χ4v) is 2.93. The monoisotopic (exact) mass is 225 g/mol. The molecule has 1 nitrogen and oxygen atoms in total. The molecule has 17 heavy (non-hydrogen) atoms. The van der Waals surface area contributed by atoms with E-state index in [1.807, 2.05) is 0 Å². The van der Waals surface area contributed by atoms with Gasteiger partial charge in [0.15, 0.2) is 0 Å². The minimum absolute atomic E-state index is 0.819. The van der Waals surface area contributed by atoms with Crippen LogP contribution in [0.2, 0.25) is 0 Å². The summed E-state index contributed by atoms with van der Waals surface area (Å²) >= 11 is 0. The van der Waals surface area contributed by atoms with Crippen LogP contribution < -0.4 is 0 Å². The van der Waals surface area contributed by atoms with Crippen molar-refractivity contribution in [2.24, 2.45) is 5.92 Å². The highest BCUT2D eigenvalue weighted by atomic mass is 15.0. The van der Waals surface area contributed by atoms with Gasteiger partial charge in [0.1, 0.15) is 0 Å². The van der Waals surface area contributed by atoms with E-state index in [0.29, 0.717) is 0 Å². The molecule has 0 spiro atoms. The molecule has 0 N–H and O–H groups in total. The topological polar surface area (TPSA) is 4.93 Å². The van der Waals surface area contributed by atoms with Gasteiger partial charge in [0.05, 0.1) is 0 Å². The first-order chi connectivity index (χ1) is 8.25. The largest absolute Gasteiger partial charge is 0.320 e. The van der Waals surface area contributed by atoms with E-state index in [1.54, 1.807) is 5.56 Å². The van der Waals surface area contributed by atoms with E-state index >= 15 is 0 Å². The average Bonchev–Trinajstić information content (AvgIpc) is 2.67. The summed E-state index contributed by atoms with van der Waals surface area (Å²) in [7, 11) is 0. The van der Waals surface area contributed by atoms with Crippen LogP contribution in [0.3, 0.4) is 0 Å². The fraction of sp³-hybridized carbons (Fsp3) is 0.375. The van der Waals surface area contributed by atoms with Gasteiger partial charge in [-0.05, 0) is 55.4 Å². The molecular weight excluding hydrogens is 206 g/mol. The summed E-state index contributed by atoms with van der Waals surface area (Å²) in [5, 5.41) is 0. The van der Waals surface area contributed by atoms with E-state index in [1.165, 1.54) is 36.2 Å². The number of aryl methyl sites for hydroxylation is 1. The molecule has 0 aliphatic heterocycles. The lowest BCUT2D eigenvalue weighted by Crippen LogP contribution is -2.13. The maximum atomic E-state index is 2.39. The van der Waals surface area contributed by atoms with Gasteiger partial charge in [-0.15, -0.1) is 0 Å². The maximum absolute atomic E-state index is 2.39. The summed E-state index contributed by atoms with van der Waals surface area (Å²) in [4.78, 5) is 0. The van der Waals surface area contributed by atoms with Gasteiger partial charge in [-0.25, -0.2) is 0 Å². The molecule has 1 heterocycles. The van der Waals surface area contributed by atoms with Crippen molar-refractivity contribution in [1.29, 1.82) is 0 Å². The highest BCUT2D eigenvalue weighted by Crippen LogP contribution is 2.30. The first-order valence-electron chi connectivity index (χ1n) is 6.51. The number of para-hydroxylation sites is 1. The second-order valence-corrected chi connectivity index (χ2v) is 5.29. The summed E-state index contributed by atoms with van der Waals surface area (Å²) in [6, 6.07) is 10.7. The number of fused-ring (bicyclic) bond motifs is 1. The van der Waals surface area contributed by atoms with Crippen molar-refractivity contribution < 1.29 is 0 Å². The molecule has 1 atom stereocenters. The summed E-state index contributed by atoms with van der Waals surface area (Å²) < 4.78 is 2.39. The zero-order valence-corrected chi connectivity index (χ0v) is 10.6. The van der Waals surface area contributed by atoms with Crippen LogP contribution in [0, 0.1) is 12.8 Å². The molecule has 3 rings (SSSR count). The van der Waals surface area contributed by atoms with Crippen molar-refractivity contribution in [3.63, 3.8) is 0 Å². The third kappa shape index (κ3) is 1.80. The molecule has 1 unspecified atom stereocenters. The van der Waals surface area contributed by atoms with Crippen LogP contribution in [0.25, 0.3) is 5.69 Å². The lowest BCUT2D eigenvalue weighted by atomic mass is 9.88. The zero-order chi connectivity index (χ0) is 11.8. The quantitative estimate of drug-likeness (QED) is 0.693. The Balaban J connectivity index is 2.13. The third-order valence-electron chi connectivity index (χ3n) is 3.90. The van der Waals surface area contributed by atoms with Crippen LogP contribution in [0.1, 0.15) is 30.2 Å².